The summed E-state index contributed by atoms with van der Waals surface area (Å²) >= 11 is 0. The van der Waals surface area contributed by atoms with Gasteiger partial charge < -0.3 is 25.4 Å². The molecule has 0 spiro atoms. The minimum absolute atomic E-state index is 0. The average Bonchev–Trinajstić information content (AvgIpc) is 2.34. The summed E-state index contributed by atoms with van der Waals surface area (Å²) in [5.41, 5.74) is 0. The molecule has 8 nitrogen and oxygen atoms in total. The number of carbonyl (C=O) groups excluding carboxylic acids is 2. The van der Waals surface area contributed by atoms with Crippen molar-refractivity contribution >= 4 is 55.8 Å². The molecule has 0 radical (unpaired) electrons. The summed E-state index contributed by atoms with van der Waals surface area (Å²) in [4.78, 5) is 33.8. The fourth-order valence-corrected chi connectivity index (χ4v) is 1.90. The van der Waals surface area contributed by atoms with Crippen LogP contribution in [0.3, 0.4) is 0 Å². The molecular weight excluding hydrogens is 346 g/mol. The van der Waals surface area contributed by atoms with Crippen molar-refractivity contribution in [3.8, 4) is 0 Å². The Morgan fingerprint density at radius 2 is 1.58 bits per heavy atom. The molecule has 0 bridgehead atoms. The summed E-state index contributed by atoms with van der Waals surface area (Å²) in [6.07, 6.45) is -1.05. The number of hydrogen-bond acceptors (Lipinski definition) is 5. The van der Waals surface area contributed by atoms with Gasteiger partial charge in [0.15, 0.2) is 0 Å². The summed E-state index contributed by atoms with van der Waals surface area (Å²) in [5.74, 6) is -1.50. The number of amides is 1. The Bertz CT molecular complexity index is 388. The first-order valence-corrected chi connectivity index (χ1v) is 7.48. The van der Waals surface area contributed by atoms with Gasteiger partial charge in [0.05, 0.1) is 5.92 Å². The molecule has 0 aliphatic carbocycles. The van der Waals surface area contributed by atoms with Crippen LogP contribution in [0.15, 0.2) is 0 Å². The van der Waals surface area contributed by atoms with Gasteiger partial charge in [0.1, 0.15) is 0 Å². The van der Waals surface area contributed by atoms with Crippen molar-refractivity contribution in [3.63, 3.8) is 0 Å². The number of carbonyl (C=O) groups is 3. The van der Waals surface area contributed by atoms with Crippen LogP contribution in [-0.2, 0) is 19.1 Å². The average molecular weight is 377 g/mol. The van der Waals surface area contributed by atoms with E-state index < -0.39 is 24.3 Å². The number of hydrogen-bond donors (Lipinski definition) is 2. The monoisotopic (exact) mass is 377 g/mol. The Morgan fingerprint density at radius 3 is 2.00 bits per heavy atom. The topological polar surface area (TPSA) is 133 Å². The zero-order valence-electron chi connectivity index (χ0n) is 14.4. The van der Waals surface area contributed by atoms with Gasteiger partial charge in [-0.3, -0.25) is 9.59 Å². The normalized spacial score (nSPS) is 12.5. The Morgan fingerprint density at radius 1 is 1.04 bits per heavy atom. The van der Waals surface area contributed by atoms with E-state index in [1.807, 2.05) is 13.8 Å². The van der Waals surface area contributed by atoms with Crippen molar-refractivity contribution in [1.82, 2.24) is 5.32 Å². The number of rotatable bonds is 9. The minimum atomic E-state index is -0.988. The fraction of sp³-hybridized carbons (Fsp3) is 0.800. The Kier molecular flexibility index (Phi) is 17.4. The second kappa shape index (κ2) is 14.7. The van der Waals surface area contributed by atoms with Gasteiger partial charge in [-0.1, -0.05) is 27.7 Å². The van der Waals surface area contributed by atoms with E-state index in [1.54, 1.807) is 13.8 Å². The second-order valence-corrected chi connectivity index (χ2v) is 6.04. The molecule has 0 saturated heterocycles. The first-order chi connectivity index (χ1) is 10.1. The summed E-state index contributed by atoms with van der Waals surface area (Å²) < 4.78 is 9.79. The third-order valence-electron chi connectivity index (χ3n) is 2.83. The third-order valence-corrected chi connectivity index (χ3v) is 2.83. The molecule has 0 aliphatic rings. The van der Waals surface area contributed by atoms with Crippen LogP contribution in [0, 0.1) is 17.8 Å². The maximum absolute atomic E-state index is 11.6. The van der Waals surface area contributed by atoms with Gasteiger partial charge in [0.2, 0.25) is 6.29 Å². The molecule has 0 aromatic heterocycles. The molecule has 140 valence electrons. The van der Waals surface area contributed by atoms with E-state index in [9.17, 15) is 14.4 Å². The van der Waals surface area contributed by atoms with Crippen LogP contribution in [0.4, 0.5) is 4.79 Å². The summed E-state index contributed by atoms with van der Waals surface area (Å²) in [5, 5.41) is 11.4. The number of nitrogens with one attached hydrogen (secondary N) is 1. The Labute approximate surface area is 173 Å². The SMILES string of the molecule is CC(C)C[C@H](CNC(=O)O[C@H](C)OC(=O)C(C)C)CC(=O)O.O.[CaH2]. The molecule has 2 atom stereocenters. The molecule has 4 N–H and O–H groups in total. The van der Waals surface area contributed by atoms with E-state index >= 15 is 0 Å². The molecule has 0 rings (SSSR count). The van der Waals surface area contributed by atoms with Crippen molar-refractivity contribution < 1.29 is 34.4 Å². The molecule has 0 aromatic rings. The maximum atomic E-state index is 11.6. The predicted molar refractivity (Wildman–Crippen MR) is 92.2 cm³/mol. The molecule has 9 heteroatoms. The van der Waals surface area contributed by atoms with Crippen molar-refractivity contribution in [1.29, 1.82) is 0 Å². The molecule has 0 heterocycles. The molecule has 0 aliphatic heterocycles. The fourth-order valence-electron chi connectivity index (χ4n) is 1.90. The number of carboxylic acid groups (broad SMARTS) is 1. The zero-order valence-corrected chi connectivity index (χ0v) is 14.4. The predicted octanol–water partition coefficient (Wildman–Crippen LogP) is 0.654. The van der Waals surface area contributed by atoms with E-state index in [1.165, 1.54) is 6.92 Å². The number of alkyl carbamates (subject to hydrolysis) is 1. The van der Waals surface area contributed by atoms with Crippen LogP contribution in [0.5, 0.6) is 0 Å². The Hall–Kier alpha value is -0.570. The number of aliphatic carboxylic acids is 1. The summed E-state index contributed by atoms with van der Waals surface area (Å²) in [7, 11) is 0. The zero-order chi connectivity index (χ0) is 17.3. The molecule has 24 heavy (non-hydrogen) atoms. The van der Waals surface area contributed by atoms with Gasteiger partial charge in [-0.25, -0.2) is 4.79 Å². The van der Waals surface area contributed by atoms with Crippen LogP contribution in [0.25, 0.3) is 0 Å². The van der Waals surface area contributed by atoms with Crippen LogP contribution < -0.4 is 5.32 Å². The van der Waals surface area contributed by atoms with E-state index in [0.29, 0.717) is 12.3 Å². The van der Waals surface area contributed by atoms with Gasteiger partial charge in [-0.15, -0.1) is 0 Å². The van der Waals surface area contributed by atoms with Gasteiger partial charge in [0, 0.05) is 19.9 Å². The van der Waals surface area contributed by atoms with Crippen LogP contribution in [0.1, 0.15) is 47.5 Å². The van der Waals surface area contributed by atoms with Crippen LogP contribution in [-0.4, -0.2) is 79.2 Å². The van der Waals surface area contributed by atoms with Crippen molar-refractivity contribution in [2.75, 3.05) is 6.54 Å². The third kappa shape index (κ3) is 15.0. The number of esters is 1. The first-order valence-electron chi connectivity index (χ1n) is 7.48. The second-order valence-electron chi connectivity index (χ2n) is 6.04. The molecule has 0 unspecified atom stereocenters. The van der Waals surface area contributed by atoms with Gasteiger partial charge in [-0.05, 0) is 18.3 Å². The van der Waals surface area contributed by atoms with E-state index in [2.05, 4.69) is 5.32 Å². The summed E-state index contributed by atoms with van der Waals surface area (Å²) in [6, 6.07) is 0. The quantitative estimate of drug-likeness (QED) is 0.344. The van der Waals surface area contributed by atoms with E-state index in [4.69, 9.17) is 14.6 Å². The van der Waals surface area contributed by atoms with E-state index in [-0.39, 0.29) is 68.0 Å². The van der Waals surface area contributed by atoms with E-state index in [0.717, 1.165) is 0 Å². The van der Waals surface area contributed by atoms with Crippen molar-refractivity contribution in [2.24, 2.45) is 17.8 Å². The van der Waals surface area contributed by atoms with Gasteiger partial charge in [0.25, 0.3) is 0 Å². The molecular formula is C15H31CaNO7. The van der Waals surface area contributed by atoms with Gasteiger partial charge in [-0.2, -0.15) is 0 Å². The van der Waals surface area contributed by atoms with Gasteiger partial charge >= 0.3 is 55.8 Å². The number of ether oxygens (including phenoxy) is 2. The Balaban J connectivity index is -0.00000220. The number of carboxylic acids is 1. The molecule has 1 amide bonds. The molecule has 0 saturated carbocycles. The van der Waals surface area contributed by atoms with Crippen LogP contribution >= 0.6 is 0 Å². The summed E-state index contributed by atoms with van der Waals surface area (Å²) in [6.45, 7) is 8.98. The molecule has 0 fully saturated rings. The molecule has 0 aromatic carbocycles. The van der Waals surface area contributed by atoms with Crippen molar-refractivity contribution in [2.45, 2.75) is 53.8 Å². The first kappa shape index (κ1) is 28.2. The van der Waals surface area contributed by atoms with Crippen LogP contribution in [0.2, 0.25) is 0 Å². The van der Waals surface area contributed by atoms with Crippen molar-refractivity contribution in [3.05, 3.63) is 0 Å². The standard InChI is InChI=1S/C15H27NO6.Ca.H2O.2H/c1-9(2)6-12(7-13(17)18)8-16-15(20)22-11(5)21-14(19)10(3)4;;;;/h9-12H,6-8H2,1-5H3,(H,16,20)(H,17,18);;1H2;;/t11-,12+;;;;/m1..../s1.